The molecule has 122 valence electrons. The second-order valence-corrected chi connectivity index (χ2v) is 5.74. The second kappa shape index (κ2) is 6.04. The number of aromatic nitrogens is 4. The summed E-state index contributed by atoms with van der Waals surface area (Å²) in [6.45, 7) is 2.28. The van der Waals surface area contributed by atoms with Gasteiger partial charge in [-0.25, -0.2) is 9.78 Å². The van der Waals surface area contributed by atoms with Crippen LogP contribution in [0, 0.1) is 5.92 Å². The van der Waals surface area contributed by atoms with Crippen molar-refractivity contribution in [3.05, 3.63) is 23.1 Å². The van der Waals surface area contributed by atoms with Crippen LogP contribution in [-0.2, 0) is 9.47 Å². The molecule has 0 radical (unpaired) electrons. The lowest BCUT2D eigenvalue weighted by Gasteiger charge is -2.16. The van der Waals surface area contributed by atoms with E-state index in [0.29, 0.717) is 11.2 Å². The zero-order chi connectivity index (χ0) is 16.6. The molecule has 2 aromatic rings. The molecule has 0 aliphatic heterocycles. The number of allylic oxidation sites excluding steroid dienone is 1. The fourth-order valence-corrected chi connectivity index (χ4v) is 3.05. The highest BCUT2D eigenvalue weighted by Crippen LogP contribution is 2.36. The number of methoxy groups -OCH3 is 1. The van der Waals surface area contributed by atoms with Crippen LogP contribution in [-0.4, -0.2) is 39.4 Å². The SMILES string of the molecule is COC(=O)OC[C@@H]1C=C(C)[C@H](n2cnc3c(Cl)nc(N)nc32)C1. The van der Waals surface area contributed by atoms with Crippen LogP contribution >= 0.6 is 11.6 Å². The Hall–Kier alpha value is -2.35. The summed E-state index contributed by atoms with van der Waals surface area (Å²) >= 11 is 6.05. The smallest absolute Gasteiger partial charge is 0.438 e. The van der Waals surface area contributed by atoms with Crippen molar-refractivity contribution in [1.82, 2.24) is 19.5 Å². The summed E-state index contributed by atoms with van der Waals surface area (Å²) in [5, 5.41) is 0.233. The molecule has 0 saturated carbocycles. The maximum atomic E-state index is 11.1. The van der Waals surface area contributed by atoms with Gasteiger partial charge in [-0.2, -0.15) is 9.97 Å². The molecule has 2 heterocycles. The van der Waals surface area contributed by atoms with Crippen molar-refractivity contribution < 1.29 is 14.3 Å². The molecule has 2 N–H and O–H groups in total. The Morgan fingerprint density at radius 1 is 1.52 bits per heavy atom. The Balaban J connectivity index is 1.83. The van der Waals surface area contributed by atoms with Gasteiger partial charge in [-0.3, -0.25) is 0 Å². The van der Waals surface area contributed by atoms with Gasteiger partial charge >= 0.3 is 6.16 Å². The first kappa shape index (κ1) is 15.5. The third-order valence-corrected chi connectivity index (χ3v) is 4.13. The number of nitrogens with zero attached hydrogens (tertiary/aromatic N) is 4. The molecule has 2 aromatic heterocycles. The van der Waals surface area contributed by atoms with Gasteiger partial charge in [-0.05, 0) is 13.3 Å². The number of carbonyl (C=O) groups is 1. The van der Waals surface area contributed by atoms with Gasteiger partial charge in [0.25, 0.3) is 0 Å². The average Bonchev–Trinajstić information content (AvgIpc) is 3.08. The van der Waals surface area contributed by atoms with Crippen LogP contribution in [0.25, 0.3) is 11.2 Å². The Morgan fingerprint density at radius 3 is 3.04 bits per heavy atom. The van der Waals surface area contributed by atoms with Crippen LogP contribution in [0.4, 0.5) is 10.7 Å². The molecule has 0 spiro atoms. The van der Waals surface area contributed by atoms with Crippen LogP contribution in [0.2, 0.25) is 5.15 Å². The molecule has 0 amide bonds. The van der Waals surface area contributed by atoms with E-state index in [0.717, 1.165) is 12.0 Å². The molecule has 0 unspecified atom stereocenters. The highest BCUT2D eigenvalue weighted by Gasteiger charge is 2.28. The van der Waals surface area contributed by atoms with Gasteiger partial charge in [0.2, 0.25) is 5.95 Å². The van der Waals surface area contributed by atoms with Crippen molar-refractivity contribution in [2.24, 2.45) is 5.92 Å². The van der Waals surface area contributed by atoms with Crippen LogP contribution in [0.3, 0.4) is 0 Å². The largest absolute Gasteiger partial charge is 0.507 e. The Morgan fingerprint density at radius 2 is 2.30 bits per heavy atom. The van der Waals surface area contributed by atoms with Gasteiger partial charge in [0.1, 0.15) is 12.1 Å². The minimum atomic E-state index is -0.681. The summed E-state index contributed by atoms with van der Waals surface area (Å²) in [5.41, 5.74) is 7.92. The van der Waals surface area contributed by atoms with Crippen LogP contribution < -0.4 is 5.73 Å². The van der Waals surface area contributed by atoms with Gasteiger partial charge in [0.05, 0.1) is 19.5 Å². The summed E-state index contributed by atoms with van der Waals surface area (Å²) < 4.78 is 11.4. The third-order valence-electron chi connectivity index (χ3n) is 3.86. The molecule has 0 aromatic carbocycles. The minimum absolute atomic E-state index is 0.0524. The summed E-state index contributed by atoms with van der Waals surface area (Å²) in [6.07, 6.45) is 3.83. The van der Waals surface area contributed by atoms with Crippen molar-refractivity contribution in [3.63, 3.8) is 0 Å². The molecule has 0 fully saturated rings. The maximum absolute atomic E-state index is 11.1. The first-order valence-corrected chi connectivity index (χ1v) is 7.42. The zero-order valence-corrected chi connectivity index (χ0v) is 13.4. The molecule has 8 nitrogen and oxygen atoms in total. The number of ether oxygens (including phenoxy) is 2. The van der Waals surface area contributed by atoms with Crippen LogP contribution in [0.5, 0.6) is 0 Å². The number of rotatable bonds is 3. The van der Waals surface area contributed by atoms with Crippen molar-refractivity contribution >= 4 is 34.9 Å². The maximum Gasteiger partial charge on any atom is 0.507 e. The molecule has 9 heteroatoms. The standard InChI is InChI=1S/C14H16ClN5O3/c1-7-3-8(5-23-14(21)22-2)4-9(7)20-6-17-10-11(15)18-13(16)19-12(10)20/h3,6,8-9H,4-5H2,1-2H3,(H2,16,18,19)/t8-,9-/m1/s1. The number of hydrogen-bond donors (Lipinski definition) is 1. The van der Waals surface area contributed by atoms with E-state index < -0.39 is 6.16 Å². The number of halogens is 1. The van der Waals surface area contributed by atoms with Crippen LogP contribution in [0.15, 0.2) is 18.0 Å². The fraction of sp³-hybridized carbons (Fsp3) is 0.429. The fourth-order valence-electron chi connectivity index (χ4n) is 2.83. The van der Waals surface area contributed by atoms with E-state index in [1.807, 2.05) is 11.5 Å². The van der Waals surface area contributed by atoms with Gasteiger partial charge < -0.3 is 19.8 Å². The Labute approximate surface area is 137 Å². The van der Waals surface area contributed by atoms with E-state index in [1.165, 1.54) is 7.11 Å². The number of nitrogen functional groups attached to an aromatic ring is 1. The predicted molar refractivity (Wildman–Crippen MR) is 84.0 cm³/mol. The van der Waals surface area contributed by atoms with Gasteiger partial charge in [-0.15, -0.1) is 0 Å². The van der Waals surface area contributed by atoms with E-state index in [1.54, 1.807) is 6.33 Å². The van der Waals surface area contributed by atoms with E-state index in [4.69, 9.17) is 22.1 Å². The number of hydrogen-bond acceptors (Lipinski definition) is 7. The number of imidazole rings is 1. The van der Waals surface area contributed by atoms with Crippen molar-refractivity contribution in [3.8, 4) is 0 Å². The highest BCUT2D eigenvalue weighted by molar-refractivity contribution is 6.33. The summed E-state index contributed by atoms with van der Waals surface area (Å²) in [5.74, 6) is 0.209. The Kier molecular flexibility index (Phi) is 4.08. The lowest BCUT2D eigenvalue weighted by Crippen LogP contribution is -2.14. The van der Waals surface area contributed by atoms with Crippen molar-refractivity contribution in [1.29, 1.82) is 0 Å². The highest BCUT2D eigenvalue weighted by atomic mass is 35.5. The number of fused-ring (bicyclic) bond motifs is 1. The predicted octanol–water partition coefficient (Wildman–Crippen LogP) is 2.35. The van der Waals surface area contributed by atoms with E-state index >= 15 is 0 Å². The molecule has 1 aliphatic rings. The summed E-state index contributed by atoms with van der Waals surface area (Å²) in [6, 6.07) is 0.0524. The van der Waals surface area contributed by atoms with Crippen molar-refractivity contribution in [2.75, 3.05) is 19.5 Å². The van der Waals surface area contributed by atoms with Crippen molar-refractivity contribution in [2.45, 2.75) is 19.4 Å². The van der Waals surface area contributed by atoms with Gasteiger partial charge in [-0.1, -0.05) is 23.3 Å². The topological polar surface area (TPSA) is 105 Å². The Bertz CT molecular complexity index is 788. The lowest BCUT2D eigenvalue weighted by molar-refractivity contribution is 0.0641. The molecule has 23 heavy (non-hydrogen) atoms. The molecular weight excluding hydrogens is 322 g/mol. The van der Waals surface area contributed by atoms with E-state index in [2.05, 4.69) is 25.8 Å². The van der Waals surface area contributed by atoms with Crippen LogP contribution in [0.1, 0.15) is 19.4 Å². The van der Waals surface area contributed by atoms with E-state index in [9.17, 15) is 4.79 Å². The normalized spacial score (nSPS) is 20.6. The molecule has 2 atom stereocenters. The third kappa shape index (κ3) is 2.94. The monoisotopic (exact) mass is 337 g/mol. The molecular formula is C14H16ClN5O3. The molecule has 1 aliphatic carbocycles. The number of anilines is 1. The first-order chi connectivity index (χ1) is 11.0. The summed E-state index contributed by atoms with van der Waals surface area (Å²) in [7, 11) is 1.28. The average molecular weight is 338 g/mol. The minimum Gasteiger partial charge on any atom is -0.438 e. The molecule has 3 rings (SSSR count). The summed E-state index contributed by atoms with van der Waals surface area (Å²) in [4.78, 5) is 23.5. The number of nitrogens with two attached hydrogens (primary N) is 1. The van der Waals surface area contributed by atoms with E-state index in [-0.39, 0.29) is 29.7 Å². The molecule has 0 saturated heterocycles. The number of carbonyl (C=O) groups excluding carboxylic acids is 1. The zero-order valence-electron chi connectivity index (χ0n) is 12.7. The quantitative estimate of drug-likeness (QED) is 0.520. The van der Waals surface area contributed by atoms with Gasteiger partial charge in [0.15, 0.2) is 10.8 Å². The molecule has 0 bridgehead atoms. The lowest BCUT2D eigenvalue weighted by atomic mass is 10.1. The second-order valence-electron chi connectivity index (χ2n) is 5.38. The van der Waals surface area contributed by atoms with Gasteiger partial charge in [0, 0.05) is 5.92 Å². The first-order valence-electron chi connectivity index (χ1n) is 7.04.